The van der Waals surface area contributed by atoms with Gasteiger partial charge < -0.3 is 5.32 Å². The van der Waals surface area contributed by atoms with Crippen molar-refractivity contribution in [2.75, 3.05) is 5.32 Å². The molecule has 0 aliphatic carbocycles. The van der Waals surface area contributed by atoms with Crippen LogP contribution in [0.4, 0.5) is 5.13 Å². The third kappa shape index (κ3) is 5.01. The van der Waals surface area contributed by atoms with Gasteiger partial charge in [-0.3, -0.25) is 9.78 Å². The maximum Gasteiger partial charge on any atom is 0.226 e. The first kappa shape index (κ1) is 17.9. The Kier molecular flexibility index (Phi) is 6.02. The van der Waals surface area contributed by atoms with Gasteiger partial charge in [0, 0.05) is 36.3 Å². The number of hydrogen-bond donors (Lipinski definition) is 1. The van der Waals surface area contributed by atoms with E-state index in [1.54, 1.807) is 24.7 Å². The molecular formula is C18H15Cl2N3OS. The third-order valence-electron chi connectivity index (χ3n) is 3.56. The number of aromatic nitrogens is 2. The lowest BCUT2D eigenvalue weighted by Crippen LogP contribution is -2.12. The van der Waals surface area contributed by atoms with Gasteiger partial charge in [-0.15, -0.1) is 11.3 Å². The number of aryl methyl sites for hydroxylation is 1. The molecule has 2 aromatic heterocycles. The summed E-state index contributed by atoms with van der Waals surface area (Å²) in [6.45, 7) is 0. The van der Waals surface area contributed by atoms with E-state index in [4.69, 9.17) is 23.2 Å². The van der Waals surface area contributed by atoms with Gasteiger partial charge in [0.25, 0.3) is 0 Å². The largest absolute Gasteiger partial charge is 0.302 e. The van der Waals surface area contributed by atoms with E-state index in [2.05, 4.69) is 15.3 Å². The Morgan fingerprint density at radius 2 is 2.04 bits per heavy atom. The minimum atomic E-state index is -0.0643. The molecule has 0 saturated heterocycles. The molecule has 0 aliphatic rings. The number of anilines is 1. The lowest BCUT2D eigenvalue weighted by Gasteiger charge is -2.03. The normalized spacial score (nSPS) is 10.6. The highest BCUT2D eigenvalue weighted by molar-refractivity contribution is 7.15. The van der Waals surface area contributed by atoms with Crippen molar-refractivity contribution >= 4 is 45.6 Å². The second kappa shape index (κ2) is 8.43. The molecule has 1 N–H and O–H groups in total. The van der Waals surface area contributed by atoms with E-state index in [0.717, 1.165) is 16.0 Å². The zero-order chi connectivity index (χ0) is 17.6. The molecule has 0 fully saturated rings. The summed E-state index contributed by atoms with van der Waals surface area (Å²) < 4.78 is 0. The molecule has 3 rings (SSSR count). The maximum atomic E-state index is 12.0. The highest BCUT2D eigenvalue weighted by Crippen LogP contribution is 2.29. The van der Waals surface area contributed by atoms with Crippen LogP contribution in [0.1, 0.15) is 22.4 Å². The monoisotopic (exact) mass is 391 g/mol. The summed E-state index contributed by atoms with van der Waals surface area (Å²) in [5.74, 6) is -0.0643. The van der Waals surface area contributed by atoms with Crippen LogP contribution in [-0.4, -0.2) is 15.9 Å². The minimum Gasteiger partial charge on any atom is -0.302 e. The van der Waals surface area contributed by atoms with Crippen LogP contribution in [0.2, 0.25) is 10.0 Å². The SMILES string of the molecule is O=C(CCc1cccnc1)Nc1ncc(Cc2cccc(Cl)c2Cl)s1. The quantitative estimate of drug-likeness (QED) is 0.642. The van der Waals surface area contributed by atoms with E-state index in [1.165, 1.54) is 11.3 Å². The van der Waals surface area contributed by atoms with Crippen molar-refractivity contribution in [2.24, 2.45) is 0 Å². The molecule has 0 unspecified atom stereocenters. The fourth-order valence-electron chi connectivity index (χ4n) is 2.31. The van der Waals surface area contributed by atoms with Crippen molar-refractivity contribution in [2.45, 2.75) is 19.3 Å². The van der Waals surface area contributed by atoms with Gasteiger partial charge in [-0.2, -0.15) is 0 Å². The molecule has 0 radical (unpaired) electrons. The standard InChI is InChI=1S/C18H15Cl2N3OS/c19-15-5-1-4-13(17(15)20)9-14-11-22-18(25-14)23-16(24)7-6-12-3-2-8-21-10-12/h1-5,8,10-11H,6-7,9H2,(H,22,23,24). The van der Waals surface area contributed by atoms with Gasteiger partial charge >= 0.3 is 0 Å². The molecular weight excluding hydrogens is 377 g/mol. The number of benzene rings is 1. The summed E-state index contributed by atoms with van der Waals surface area (Å²) in [4.78, 5) is 21.4. The maximum absolute atomic E-state index is 12.0. The molecule has 0 aliphatic heterocycles. The van der Waals surface area contributed by atoms with E-state index >= 15 is 0 Å². The Morgan fingerprint density at radius 1 is 1.16 bits per heavy atom. The van der Waals surface area contributed by atoms with Gasteiger partial charge in [-0.25, -0.2) is 4.98 Å². The van der Waals surface area contributed by atoms with Crippen molar-refractivity contribution < 1.29 is 4.79 Å². The lowest BCUT2D eigenvalue weighted by atomic mass is 10.1. The fourth-order valence-corrected chi connectivity index (χ4v) is 3.54. The number of amides is 1. The second-order valence-electron chi connectivity index (χ2n) is 5.43. The summed E-state index contributed by atoms with van der Waals surface area (Å²) in [6.07, 6.45) is 6.90. The molecule has 0 saturated carbocycles. The highest BCUT2D eigenvalue weighted by Gasteiger charge is 2.10. The molecule has 7 heteroatoms. The highest BCUT2D eigenvalue weighted by atomic mass is 35.5. The zero-order valence-corrected chi connectivity index (χ0v) is 15.5. The van der Waals surface area contributed by atoms with Crippen LogP contribution in [0.3, 0.4) is 0 Å². The van der Waals surface area contributed by atoms with Crippen molar-refractivity contribution in [3.05, 3.63) is 75.0 Å². The molecule has 2 heterocycles. The Bertz CT molecular complexity index is 868. The first-order valence-corrected chi connectivity index (χ1v) is 9.25. The van der Waals surface area contributed by atoms with E-state index in [0.29, 0.717) is 34.4 Å². The first-order chi connectivity index (χ1) is 12.1. The summed E-state index contributed by atoms with van der Waals surface area (Å²) in [6, 6.07) is 9.37. The average molecular weight is 392 g/mol. The number of halogens is 2. The molecule has 1 amide bonds. The molecule has 0 bridgehead atoms. The van der Waals surface area contributed by atoms with Gasteiger partial charge in [0.2, 0.25) is 5.91 Å². The van der Waals surface area contributed by atoms with Crippen LogP contribution >= 0.6 is 34.5 Å². The Balaban J connectivity index is 1.56. The van der Waals surface area contributed by atoms with Gasteiger partial charge in [0.15, 0.2) is 5.13 Å². The summed E-state index contributed by atoms with van der Waals surface area (Å²) in [5.41, 5.74) is 1.97. The molecule has 0 spiro atoms. The van der Waals surface area contributed by atoms with E-state index in [1.807, 2.05) is 24.3 Å². The molecule has 1 aromatic carbocycles. The predicted molar refractivity (Wildman–Crippen MR) is 103 cm³/mol. The van der Waals surface area contributed by atoms with Crippen LogP contribution in [0.15, 0.2) is 48.9 Å². The molecule has 128 valence electrons. The number of hydrogen-bond acceptors (Lipinski definition) is 4. The Morgan fingerprint density at radius 3 is 2.84 bits per heavy atom. The van der Waals surface area contributed by atoms with Crippen LogP contribution < -0.4 is 5.32 Å². The smallest absolute Gasteiger partial charge is 0.226 e. The van der Waals surface area contributed by atoms with Crippen LogP contribution in [-0.2, 0) is 17.6 Å². The molecule has 3 aromatic rings. The number of pyridine rings is 1. The van der Waals surface area contributed by atoms with Gasteiger partial charge in [-0.1, -0.05) is 41.4 Å². The van der Waals surface area contributed by atoms with Crippen molar-refractivity contribution in [1.82, 2.24) is 9.97 Å². The second-order valence-corrected chi connectivity index (χ2v) is 7.33. The molecule has 25 heavy (non-hydrogen) atoms. The van der Waals surface area contributed by atoms with Gasteiger partial charge in [-0.05, 0) is 29.7 Å². The minimum absolute atomic E-state index is 0.0643. The number of carbonyl (C=O) groups excluding carboxylic acids is 1. The molecule has 4 nitrogen and oxygen atoms in total. The fraction of sp³-hybridized carbons (Fsp3) is 0.167. The number of nitrogens with one attached hydrogen (secondary N) is 1. The van der Waals surface area contributed by atoms with Crippen LogP contribution in [0.25, 0.3) is 0 Å². The number of nitrogens with zero attached hydrogens (tertiary/aromatic N) is 2. The molecule has 0 atom stereocenters. The van der Waals surface area contributed by atoms with Crippen LogP contribution in [0.5, 0.6) is 0 Å². The number of carbonyl (C=O) groups is 1. The zero-order valence-electron chi connectivity index (χ0n) is 13.2. The third-order valence-corrected chi connectivity index (χ3v) is 5.33. The van der Waals surface area contributed by atoms with E-state index in [-0.39, 0.29) is 5.91 Å². The van der Waals surface area contributed by atoms with Gasteiger partial charge in [0.05, 0.1) is 10.0 Å². The summed E-state index contributed by atoms with van der Waals surface area (Å²) in [7, 11) is 0. The van der Waals surface area contributed by atoms with E-state index < -0.39 is 0 Å². The topological polar surface area (TPSA) is 54.9 Å². The lowest BCUT2D eigenvalue weighted by molar-refractivity contribution is -0.116. The van der Waals surface area contributed by atoms with Gasteiger partial charge in [0.1, 0.15) is 0 Å². The van der Waals surface area contributed by atoms with Crippen LogP contribution in [0, 0.1) is 0 Å². The number of rotatable bonds is 6. The first-order valence-electron chi connectivity index (χ1n) is 7.68. The summed E-state index contributed by atoms with van der Waals surface area (Å²) >= 11 is 13.7. The van der Waals surface area contributed by atoms with Crippen molar-refractivity contribution in [3.8, 4) is 0 Å². The van der Waals surface area contributed by atoms with E-state index in [9.17, 15) is 4.79 Å². The predicted octanol–water partition coefficient (Wildman–Crippen LogP) is 5.01. The summed E-state index contributed by atoms with van der Waals surface area (Å²) in [5, 5.41) is 4.51. The Labute approximate surface area is 159 Å². The average Bonchev–Trinajstić information content (AvgIpc) is 3.05. The number of thiazole rings is 1. The van der Waals surface area contributed by atoms with Crippen molar-refractivity contribution in [1.29, 1.82) is 0 Å². The van der Waals surface area contributed by atoms with Crippen molar-refractivity contribution in [3.63, 3.8) is 0 Å². The Hall–Kier alpha value is -1.95.